The Morgan fingerprint density at radius 3 is 2.00 bits per heavy atom. The monoisotopic (exact) mass is 204 g/mol. The zero-order chi connectivity index (χ0) is 10.5. The quantitative estimate of drug-likeness (QED) is 0.396. The molecule has 4 nitrogen and oxygen atoms in total. The molecule has 0 bridgehead atoms. The minimum atomic E-state index is 0.586. The van der Waals surface area contributed by atoms with Crippen LogP contribution in [0, 0.1) is 0 Å². The molecule has 0 N–H and O–H groups in total. The highest BCUT2D eigenvalue weighted by atomic mass is 16.5. The van der Waals surface area contributed by atoms with E-state index in [4.69, 9.17) is 18.9 Å². The van der Waals surface area contributed by atoms with Gasteiger partial charge in [0.2, 0.25) is 0 Å². The molecule has 0 saturated carbocycles. The number of hydrogen-bond acceptors (Lipinski definition) is 4. The highest BCUT2D eigenvalue weighted by molar-refractivity contribution is 4.64. The lowest BCUT2D eigenvalue weighted by Gasteiger charge is -2.05. The molecule has 0 aromatic rings. The van der Waals surface area contributed by atoms with E-state index in [0.29, 0.717) is 39.6 Å². The number of methoxy groups -OCH3 is 1. The summed E-state index contributed by atoms with van der Waals surface area (Å²) in [6, 6.07) is 0. The van der Waals surface area contributed by atoms with Crippen LogP contribution in [0.4, 0.5) is 0 Å². The summed E-state index contributed by atoms with van der Waals surface area (Å²) in [5, 5.41) is 0. The Hall–Kier alpha value is -0.580. The van der Waals surface area contributed by atoms with Crippen LogP contribution in [-0.4, -0.2) is 46.8 Å². The third kappa shape index (κ3) is 11.4. The predicted molar refractivity (Wildman–Crippen MR) is 54.3 cm³/mol. The standard InChI is InChI=1S/C10H20O4/c1-3-4-12-7-8-14-10-9-13-6-5-11-2/h3-4H,5-10H2,1-2H3/b4-3+. The third-order valence-electron chi connectivity index (χ3n) is 1.38. The average molecular weight is 204 g/mol. The Balaban J connectivity index is 2.85. The van der Waals surface area contributed by atoms with Gasteiger partial charge in [0.05, 0.1) is 39.3 Å². The number of rotatable bonds is 10. The van der Waals surface area contributed by atoms with Crippen LogP contribution in [-0.2, 0) is 18.9 Å². The summed E-state index contributed by atoms with van der Waals surface area (Å²) >= 11 is 0. The topological polar surface area (TPSA) is 36.9 Å². The van der Waals surface area contributed by atoms with Crippen LogP contribution >= 0.6 is 0 Å². The van der Waals surface area contributed by atoms with E-state index in [1.807, 2.05) is 13.0 Å². The second-order valence-electron chi connectivity index (χ2n) is 2.56. The first-order valence-electron chi connectivity index (χ1n) is 4.79. The molecule has 0 rings (SSSR count). The first kappa shape index (κ1) is 13.4. The lowest BCUT2D eigenvalue weighted by molar-refractivity contribution is 0.0143. The van der Waals surface area contributed by atoms with E-state index >= 15 is 0 Å². The van der Waals surface area contributed by atoms with Crippen molar-refractivity contribution in [2.45, 2.75) is 6.92 Å². The normalized spacial score (nSPS) is 11.0. The van der Waals surface area contributed by atoms with Crippen molar-refractivity contribution in [3.63, 3.8) is 0 Å². The Morgan fingerprint density at radius 2 is 1.43 bits per heavy atom. The fourth-order valence-corrected chi connectivity index (χ4v) is 0.736. The van der Waals surface area contributed by atoms with Crippen molar-refractivity contribution in [1.82, 2.24) is 0 Å². The molecule has 0 radical (unpaired) electrons. The molecule has 0 spiro atoms. The molecule has 4 heteroatoms. The second kappa shape index (κ2) is 12.4. The number of allylic oxidation sites excluding steroid dienone is 1. The lowest BCUT2D eigenvalue weighted by atomic mass is 10.7. The maximum Gasteiger partial charge on any atom is 0.111 e. The Labute approximate surface area is 85.8 Å². The van der Waals surface area contributed by atoms with Gasteiger partial charge in [-0.15, -0.1) is 0 Å². The molecular weight excluding hydrogens is 184 g/mol. The molecule has 0 aromatic heterocycles. The van der Waals surface area contributed by atoms with Crippen molar-refractivity contribution >= 4 is 0 Å². The van der Waals surface area contributed by atoms with Gasteiger partial charge in [-0.25, -0.2) is 0 Å². The minimum Gasteiger partial charge on any atom is -0.499 e. The summed E-state index contributed by atoms with van der Waals surface area (Å²) in [6.07, 6.45) is 3.49. The van der Waals surface area contributed by atoms with Gasteiger partial charge in [0.15, 0.2) is 0 Å². The Morgan fingerprint density at radius 1 is 0.857 bits per heavy atom. The third-order valence-corrected chi connectivity index (χ3v) is 1.38. The van der Waals surface area contributed by atoms with Crippen LogP contribution in [0.1, 0.15) is 6.92 Å². The summed E-state index contributed by atoms with van der Waals surface area (Å²) < 4.78 is 20.3. The number of hydrogen-bond donors (Lipinski definition) is 0. The van der Waals surface area contributed by atoms with Gasteiger partial charge in [-0.1, -0.05) is 6.08 Å². The van der Waals surface area contributed by atoms with Gasteiger partial charge >= 0.3 is 0 Å². The van der Waals surface area contributed by atoms with Crippen LogP contribution < -0.4 is 0 Å². The van der Waals surface area contributed by atoms with Gasteiger partial charge in [-0.3, -0.25) is 0 Å². The van der Waals surface area contributed by atoms with E-state index in [1.54, 1.807) is 13.4 Å². The highest BCUT2D eigenvalue weighted by Gasteiger charge is 1.89. The molecule has 0 amide bonds. The maximum atomic E-state index is 5.24. The van der Waals surface area contributed by atoms with Crippen molar-refractivity contribution in [2.75, 3.05) is 46.8 Å². The Bertz CT molecular complexity index is 125. The molecule has 14 heavy (non-hydrogen) atoms. The summed E-state index contributed by atoms with van der Waals surface area (Å²) in [6.45, 7) is 5.54. The van der Waals surface area contributed by atoms with E-state index in [0.717, 1.165) is 0 Å². The SMILES string of the molecule is C/C=C/OCCOCCOCCOC. The maximum absolute atomic E-state index is 5.24. The molecule has 84 valence electrons. The number of ether oxygens (including phenoxy) is 4. The summed E-state index contributed by atoms with van der Waals surface area (Å²) in [5.74, 6) is 0. The summed E-state index contributed by atoms with van der Waals surface area (Å²) in [4.78, 5) is 0. The van der Waals surface area contributed by atoms with Crippen LogP contribution in [0.3, 0.4) is 0 Å². The van der Waals surface area contributed by atoms with Gasteiger partial charge in [-0.05, 0) is 6.92 Å². The van der Waals surface area contributed by atoms with E-state index in [9.17, 15) is 0 Å². The van der Waals surface area contributed by atoms with Gasteiger partial charge < -0.3 is 18.9 Å². The lowest BCUT2D eigenvalue weighted by Crippen LogP contribution is -2.10. The van der Waals surface area contributed by atoms with Crippen molar-refractivity contribution in [2.24, 2.45) is 0 Å². The zero-order valence-corrected chi connectivity index (χ0v) is 9.03. The van der Waals surface area contributed by atoms with Crippen LogP contribution in [0.2, 0.25) is 0 Å². The zero-order valence-electron chi connectivity index (χ0n) is 9.03. The van der Waals surface area contributed by atoms with Gasteiger partial charge in [0, 0.05) is 7.11 Å². The summed E-state index contributed by atoms with van der Waals surface area (Å²) in [7, 11) is 1.65. The van der Waals surface area contributed by atoms with Crippen LogP contribution in [0.15, 0.2) is 12.3 Å². The largest absolute Gasteiger partial charge is 0.499 e. The molecule has 0 atom stereocenters. The average Bonchev–Trinajstić information content (AvgIpc) is 2.21. The van der Waals surface area contributed by atoms with Gasteiger partial charge in [0.1, 0.15) is 6.61 Å². The smallest absolute Gasteiger partial charge is 0.111 e. The Kier molecular flexibility index (Phi) is 11.9. The van der Waals surface area contributed by atoms with Crippen molar-refractivity contribution in [3.8, 4) is 0 Å². The molecule has 0 unspecified atom stereocenters. The predicted octanol–water partition coefficient (Wildman–Crippen LogP) is 1.22. The fourth-order valence-electron chi connectivity index (χ4n) is 0.736. The van der Waals surface area contributed by atoms with Crippen molar-refractivity contribution in [1.29, 1.82) is 0 Å². The summed E-state index contributed by atoms with van der Waals surface area (Å²) in [5.41, 5.74) is 0. The van der Waals surface area contributed by atoms with Gasteiger partial charge in [-0.2, -0.15) is 0 Å². The van der Waals surface area contributed by atoms with E-state index < -0.39 is 0 Å². The van der Waals surface area contributed by atoms with Crippen molar-refractivity contribution in [3.05, 3.63) is 12.3 Å². The minimum absolute atomic E-state index is 0.586. The van der Waals surface area contributed by atoms with E-state index in [-0.39, 0.29) is 0 Å². The molecule has 0 fully saturated rings. The van der Waals surface area contributed by atoms with Gasteiger partial charge in [0.25, 0.3) is 0 Å². The molecule has 0 aromatic carbocycles. The van der Waals surface area contributed by atoms with E-state index in [2.05, 4.69) is 0 Å². The fraction of sp³-hybridized carbons (Fsp3) is 0.800. The van der Waals surface area contributed by atoms with E-state index in [1.165, 1.54) is 0 Å². The first-order valence-corrected chi connectivity index (χ1v) is 4.79. The molecule has 0 saturated heterocycles. The molecule has 0 heterocycles. The highest BCUT2D eigenvalue weighted by Crippen LogP contribution is 1.82. The second-order valence-corrected chi connectivity index (χ2v) is 2.56. The molecule has 0 aliphatic carbocycles. The molecule has 0 aliphatic rings. The molecule has 0 aliphatic heterocycles. The van der Waals surface area contributed by atoms with Crippen LogP contribution in [0.5, 0.6) is 0 Å². The molecular formula is C10H20O4. The van der Waals surface area contributed by atoms with Crippen molar-refractivity contribution < 1.29 is 18.9 Å². The van der Waals surface area contributed by atoms with Crippen LogP contribution in [0.25, 0.3) is 0 Å². The first-order chi connectivity index (χ1) is 6.91.